The van der Waals surface area contributed by atoms with E-state index in [-0.39, 0.29) is 29.9 Å². The summed E-state index contributed by atoms with van der Waals surface area (Å²) in [4.78, 5) is 13.9. The Hall–Kier alpha value is -3.48. The number of aryl methyl sites for hydroxylation is 1. The van der Waals surface area contributed by atoms with Gasteiger partial charge in [0, 0.05) is 81.5 Å². The van der Waals surface area contributed by atoms with Crippen molar-refractivity contribution in [3.05, 3.63) is 144 Å². The summed E-state index contributed by atoms with van der Waals surface area (Å²) in [6, 6.07) is 25.6. The zero-order valence-electron chi connectivity index (χ0n) is 33.2. The molecule has 0 bridgehead atoms. The van der Waals surface area contributed by atoms with Crippen LogP contribution in [0.25, 0.3) is 0 Å². The molecule has 0 amide bonds. The van der Waals surface area contributed by atoms with Crippen LogP contribution in [0.2, 0.25) is 20.1 Å². The van der Waals surface area contributed by atoms with Crippen molar-refractivity contribution in [1.82, 2.24) is 18.6 Å². The van der Waals surface area contributed by atoms with E-state index in [0.29, 0.717) is 58.8 Å². The fraction of sp³-hybridized carbons (Fsp3) is 0.286. The molecular weight excluding hydrogens is 939 g/mol. The molecule has 0 N–H and O–H groups in total. The number of sulfonamides is 2. The number of methoxy groups -OCH3 is 1. The standard InChI is InChI=1S/C21H21Cl2N3O3S2.C21H21Cl2N3O2S2/c1-29-18-7-3-2-5-15(18)13-16-14-30-21(24-16)25-9-11-26(12-10-25)31(27,28)19-8-4-6-17(22)20(19)23;1-15-4-2-5-16(12-15)13-17-14-29-21(24-17)25-8-10-26(11-9-25)30(27,28)19-7-3-6-18(22)20(19)23/h2-8,14H,9-13H2,1H3;2-7,12,14H,8-11,13H2,1H3. The van der Waals surface area contributed by atoms with Crippen molar-refractivity contribution in [2.75, 3.05) is 69.3 Å². The molecule has 6 aromatic rings. The third-order valence-corrected chi connectivity index (χ3v) is 17.8. The fourth-order valence-electron chi connectivity index (χ4n) is 7.00. The molecule has 19 heteroatoms. The third kappa shape index (κ3) is 10.7. The van der Waals surface area contributed by atoms with Gasteiger partial charge in [-0.1, -0.05) is 107 Å². The maximum atomic E-state index is 13.0. The van der Waals surface area contributed by atoms with E-state index in [9.17, 15) is 16.8 Å². The number of halogens is 4. The quantitative estimate of drug-likeness (QED) is 0.125. The van der Waals surface area contributed by atoms with E-state index < -0.39 is 20.0 Å². The largest absolute Gasteiger partial charge is 0.496 e. The first kappa shape index (κ1) is 45.5. The second-order valence-corrected chi connectivity index (χ2v) is 21.3. The predicted octanol–water partition coefficient (Wildman–Crippen LogP) is 9.42. The SMILES string of the molecule is COc1ccccc1Cc1csc(N2CCN(S(=O)(=O)c3cccc(Cl)c3Cl)CC2)n1.Cc1cccc(Cc2csc(N3CCN(S(=O)(=O)c4cccc(Cl)c4Cl)CC3)n2)c1. The lowest BCUT2D eigenvalue weighted by Gasteiger charge is -2.34. The number of rotatable bonds is 11. The molecule has 0 radical (unpaired) electrons. The first-order chi connectivity index (χ1) is 29.2. The number of nitrogens with zero attached hydrogens (tertiary/aromatic N) is 6. The van der Waals surface area contributed by atoms with Gasteiger partial charge in [-0.15, -0.1) is 22.7 Å². The van der Waals surface area contributed by atoms with Crippen molar-refractivity contribution in [3.8, 4) is 5.75 Å². The molecule has 2 fully saturated rings. The maximum Gasteiger partial charge on any atom is 0.244 e. The van der Waals surface area contributed by atoms with Gasteiger partial charge in [-0.25, -0.2) is 26.8 Å². The normalized spacial score (nSPS) is 15.4. The van der Waals surface area contributed by atoms with Crippen LogP contribution in [-0.4, -0.2) is 94.9 Å². The van der Waals surface area contributed by atoms with Crippen LogP contribution in [0.5, 0.6) is 5.75 Å². The summed E-state index contributed by atoms with van der Waals surface area (Å²) in [5.41, 5.74) is 5.55. The molecule has 2 saturated heterocycles. The lowest BCUT2D eigenvalue weighted by Crippen LogP contribution is -2.48. The van der Waals surface area contributed by atoms with Gasteiger partial charge < -0.3 is 14.5 Å². The average Bonchev–Trinajstić information content (AvgIpc) is 3.93. The van der Waals surface area contributed by atoms with Crippen molar-refractivity contribution < 1.29 is 21.6 Å². The second kappa shape index (κ2) is 19.9. The molecule has 0 unspecified atom stereocenters. The number of benzene rings is 4. The number of hydrogen-bond donors (Lipinski definition) is 0. The Morgan fingerprint density at radius 1 is 0.607 bits per heavy atom. The van der Waals surface area contributed by atoms with E-state index in [1.807, 2.05) is 29.6 Å². The van der Waals surface area contributed by atoms with Crippen molar-refractivity contribution >= 4 is 99.4 Å². The Balaban J connectivity index is 0.000000184. The van der Waals surface area contributed by atoms with Crippen LogP contribution in [0.3, 0.4) is 0 Å². The van der Waals surface area contributed by atoms with Crippen LogP contribution in [0.15, 0.2) is 105 Å². The number of para-hydroxylation sites is 1. The highest BCUT2D eigenvalue weighted by Crippen LogP contribution is 2.34. The van der Waals surface area contributed by atoms with Crippen LogP contribution in [0.4, 0.5) is 10.3 Å². The summed E-state index contributed by atoms with van der Waals surface area (Å²) in [6.45, 7) is 5.80. The van der Waals surface area contributed by atoms with Crippen molar-refractivity contribution in [3.63, 3.8) is 0 Å². The molecule has 4 heterocycles. The monoisotopic (exact) mass is 978 g/mol. The van der Waals surface area contributed by atoms with Gasteiger partial charge >= 0.3 is 0 Å². The molecule has 2 aromatic heterocycles. The number of hydrogen-bond acceptors (Lipinski definition) is 11. The van der Waals surface area contributed by atoms with Crippen LogP contribution in [0.1, 0.15) is 28.1 Å². The summed E-state index contributed by atoms with van der Waals surface area (Å²) in [6.07, 6.45) is 1.47. The molecule has 2 aliphatic heterocycles. The minimum absolute atomic E-state index is 0.0449. The highest BCUT2D eigenvalue weighted by Gasteiger charge is 2.33. The maximum absolute atomic E-state index is 13.0. The smallest absolute Gasteiger partial charge is 0.244 e. The van der Waals surface area contributed by atoms with E-state index in [2.05, 4.69) is 46.4 Å². The Morgan fingerprint density at radius 2 is 1.08 bits per heavy atom. The van der Waals surface area contributed by atoms with E-state index in [0.717, 1.165) is 39.4 Å². The highest BCUT2D eigenvalue weighted by molar-refractivity contribution is 7.89. The summed E-state index contributed by atoms with van der Waals surface area (Å²) in [5.74, 6) is 0.843. The minimum Gasteiger partial charge on any atom is -0.496 e. The van der Waals surface area contributed by atoms with Gasteiger partial charge in [0.25, 0.3) is 0 Å². The van der Waals surface area contributed by atoms with Gasteiger partial charge in [0.15, 0.2) is 10.3 Å². The molecule has 8 rings (SSSR count). The predicted molar refractivity (Wildman–Crippen MR) is 249 cm³/mol. The minimum atomic E-state index is -3.70. The number of anilines is 2. The van der Waals surface area contributed by atoms with Crippen LogP contribution in [-0.2, 0) is 32.9 Å². The highest BCUT2D eigenvalue weighted by atomic mass is 35.5. The molecular formula is C42H42Cl4N6O5S4. The van der Waals surface area contributed by atoms with Crippen molar-refractivity contribution in [1.29, 1.82) is 0 Å². The summed E-state index contributed by atoms with van der Waals surface area (Å²) in [7, 11) is -5.73. The summed E-state index contributed by atoms with van der Waals surface area (Å²) < 4.78 is 60.3. The molecule has 0 spiro atoms. The van der Waals surface area contributed by atoms with Crippen molar-refractivity contribution in [2.45, 2.75) is 29.6 Å². The average molecular weight is 981 g/mol. The Labute approximate surface area is 385 Å². The first-order valence-corrected chi connectivity index (χ1v) is 25.3. The van der Waals surface area contributed by atoms with E-state index in [1.165, 1.54) is 31.9 Å². The third-order valence-electron chi connectivity index (χ3n) is 10.2. The molecule has 4 aromatic carbocycles. The zero-order chi connectivity index (χ0) is 43.3. The lowest BCUT2D eigenvalue weighted by molar-refractivity contribution is 0.384. The molecule has 2 aliphatic rings. The number of ether oxygens (including phenoxy) is 1. The summed E-state index contributed by atoms with van der Waals surface area (Å²) in [5, 5.41) is 6.53. The first-order valence-electron chi connectivity index (χ1n) is 19.2. The van der Waals surface area contributed by atoms with Gasteiger partial charge in [0.05, 0.1) is 38.6 Å². The topological polar surface area (TPSA) is 116 Å². The molecule has 0 atom stereocenters. The lowest BCUT2D eigenvalue weighted by atomic mass is 10.1. The number of aromatic nitrogens is 2. The van der Waals surface area contributed by atoms with Crippen LogP contribution < -0.4 is 14.5 Å². The molecule has 61 heavy (non-hydrogen) atoms. The zero-order valence-corrected chi connectivity index (χ0v) is 39.5. The number of piperazine rings is 2. The second-order valence-electron chi connectivity index (χ2n) is 14.3. The van der Waals surface area contributed by atoms with Gasteiger partial charge in [0.2, 0.25) is 20.0 Å². The van der Waals surface area contributed by atoms with Gasteiger partial charge in [-0.2, -0.15) is 8.61 Å². The Bertz CT molecular complexity index is 2700. The molecule has 0 saturated carbocycles. The Kier molecular flexibility index (Phi) is 14.9. The Morgan fingerprint density at radius 3 is 1.57 bits per heavy atom. The fourth-order valence-corrected chi connectivity index (χ4v) is 13.1. The summed E-state index contributed by atoms with van der Waals surface area (Å²) >= 11 is 27.5. The van der Waals surface area contributed by atoms with Gasteiger partial charge in [-0.3, -0.25) is 0 Å². The van der Waals surface area contributed by atoms with E-state index >= 15 is 0 Å². The van der Waals surface area contributed by atoms with Gasteiger partial charge in [-0.05, 0) is 42.8 Å². The van der Waals surface area contributed by atoms with Crippen molar-refractivity contribution in [2.24, 2.45) is 0 Å². The van der Waals surface area contributed by atoms with Crippen LogP contribution >= 0.6 is 69.1 Å². The van der Waals surface area contributed by atoms with Gasteiger partial charge in [0.1, 0.15) is 15.5 Å². The van der Waals surface area contributed by atoms with E-state index in [1.54, 1.807) is 54.0 Å². The number of thiazole rings is 2. The van der Waals surface area contributed by atoms with Crippen LogP contribution in [0, 0.1) is 6.92 Å². The van der Waals surface area contributed by atoms with E-state index in [4.69, 9.17) is 61.1 Å². The molecule has 11 nitrogen and oxygen atoms in total. The molecule has 0 aliphatic carbocycles. The molecule has 322 valence electrons.